The van der Waals surface area contributed by atoms with Crippen LogP contribution in [0, 0.1) is 12.8 Å². The fraction of sp³-hybridized carbons (Fsp3) is 0.636. The second-order valence-corrected chi connectivity index (χ2v) is 6.15. The Morgan fingerprint density at radius 2 is 2.43 bits per heavy atom. The van der Waals surface area contributed by atoms with Gasteiger partial charge in [-0.05, 0) is 54.8 Å². The van der Waals surface area contributed by atoms with Gasteiger partial charge in [-0.1, -0.05) is 0 Å². The smallest absolute Gasteiger partial charge is 0.0362 e. The van der Waals surface area contributed by atoms with E-state index in [2.05, 4.69) is 42.5 Å². The highest BCUT2D eigenvalue weighted by Crippen LogP contribution is 2.35. The first kappa shape index (κ1) is 10.5. The van der Waals surface area contributed by atoms with Crippen LogP contribution in [0.15, 0.2) is 11.4 Å². The summed E-state index contributed by atoms with van der Waals surface area (Å²) in [6, 6.07) is 2.91. The maximum atomic E-state index is 3.47. The minimum Gasteiger partial charge on any atom is -0.313 e. The Balaban J connectivity index is 2.12. The van der Waals surface area contributed by atoms with Gasteiger partial charge in [0.25, 0.3) is 0 Å². The zero-order valence-electron chi connectivity index (χ0n) is 8.75. The first-order valence-electron chi connectivity index (χ1n) is 5.11. The Labute approximate surface area is 94.3 Å². The lowest BCUT2D eigenvalue weighted by atomic mass is 9.94. The van der Waals surface area contributed by atoms with E-state index in [1.807, 2.05) is 11.3 Å². The number of hydrogen-bond donors (Lipinski definition) is 1. The molecule has 1 fully saturated rings. The molecular weight excluding hydrogens is 210 g/mol. The van der Waals surface area contributed by atoms with Crippen LogP contribution in [0.25, 0.3) is 0 Å². The van der Waals surface area contributed by atoms with Gasteiger partial charge in [0, 0.05) is 10.9 Å². The van der Waals surface area contributed by atoms with E-state index < -0.39 is 0 Å². The summed E-state index contributed by atoms with van der Waals surface area (Å²) in [5.41, 5.74) is 1.49. The van der Waals surface area contributed by atoms with E-state index >= 15 is 0 Å². The minimum absolute atomic E-state index is 0.579. The summed E-state index contributed by atoms with van der Waals surface area (Å²) in [4.78, 5) is 1.42. The van der Waals surface area contributed by atoms with E-state index in [0.29, 0.717) is 6.04 Å². The fourth-order valence-electron chi connectivity index (χ4n) is 2.12. The predicted molar refractivity (Wildman–Crippen MR) is 66.3 cm³/mol. The summed E-state index contributed by atoms with van der Waals surface area (Å²) in [6.07, 6.45) is 1.37. The second-order valence-electron chi connectivity index (χ2n) is 3.88. The van der Waals surface area contributed by atoms with Crippen LogP contribution in [0.2, 0.25) is 0 Å². The molecule has 1 N–H and O–H groups in total. The van der Waals surface area contributed by atoms with Crippen molar-refractivity contribution in [1.82, 2.24) is 5.32 Å². The molecule has 2 rings (SSSR count). The zero-order valence-corrected chi connectivity index (χ0v) is 10.4. The molecule has 0 radical (unpaired) electrons. The molecule has 1 aromatic rings. The maximum Gasteiger partial charge on any atom is 0.0362 e. The van der Waals surface area contributed by atoms with Gasteiger partial charge >= 0.3 is 0 Å². The van der Waals surface area contributed by atoms with E-state index in [9.17, 15) is 0 Å². The standard InChI is InChI=1S/C11H17NS2/c1-8-5-10(7-14-8)11(12-2)9-3-4-13-6-9/h5,7,9,11-12H,3-4,6H2,1-2H3. The molecule has 14 heavy (non-hydrogen) atoms. The predicted octanol–water partition coefficient (Wildman–Crippen LogP) is 3.07. The van der Waals surface area contributed by atoms with Crippen molar-refractivity contribution in [3.8, 4) is 0 Å². The molecule has 0 spiro atoms. The van der Waals surface area contributed by atoms with Crippen LogP contribution in [0.3, 0.4) is 0 Å². The van der Waals surface area contributed by atoms with Crippen LogP contribution < -0.4 is 5.32 Å². The molecule has 0 aromatic carbocycles. The Bertz CT molecular complexity index is 289. The van der Waals surface area contributed by atoms with E-state index in [4.69, 9.17) is 0 Å². The lowest BCUT2D eigenvalue weighted by Gasteiger charge is -2.21. The van der Waals surface area contributed by atoms with Crippen molar-refractivity contribution in [2.24, 2.45) is 5.92 Å². The molecule has 0 saturated carbocycles. The van der Waals surface area contributed by atoms with Gasteiger partial charge in [-0.25, -0.2) is 0 Å². The Morgan fingerprint density at radius 3 is 2.93 bits per heavy atom. The summed E-state index contributed by atoms with van der Waals surface area (Å²) in [5, 5.41) is 5.77. The molecule has 1 aromatic heterocycles. The monoisotopic (exact) mass is 227 g/mol. The number of thiophene rings is 1. The van der Waals surface area contributed by atoms with Gasteiger partial charge < -0.3 is 5.32 Å². The third-order valence-electron chi connectivity index (χ3n) is 2.86. The van der Waals surface area contributed by atoms with Crippen LogP contribution >= 0.6 is 23.1 Å². The SMILES string of the molecule is CNC(c1csc(C)c1)C1CCSC1. The average molecular weight is 227 g/mol. The first-order valence-corrected chi connectivity index (χ1v) is 7.14. The largest absolute Gasteiger partial charge is 0.313 e. The number of rotatable bonds is 3. The first-order chi connectivity index (χ1) is 6.81. The molecule has 78 valence electrons. The molecule has 0 aliphatic carbocycles. The van der Waals surface area contributed by atoms with Gasteiger partial charge in [0.15, 0.2) is 0 Å². The summed E-state index contributed by atoms with van der Waals surface area (Å²) >= 11 is 3.95. The molecule has 1 aliphatic heterocycles. The van der Waals surface area contributed by atoms with Crippen molar-refractivity contribution < 1.29 is 0 Å². The lowest BCUT2D eigenvalue weighted by Crippen LogP contribution is -2.24. The van der Waals surface area contributed by atoms with Gasteiger partial charge in [-0.15, -0.1) is 11.3 Å². The third-order valence-corrected chi connectivity index (χ3v) is 4.93. The van der Waals surface area contributed by atoms with E-state index in [1.54, 1.807) is 0 Å². The molecule has 1 aliphatic rings. The summed E-state index contributed by atoms with van der Waals surface area (Å²) in [7, 11) is 2.08. The van der Waals surface area contributed by atoms with Crippen molar-refractivity contribution >= 4 is 23.1 Å². The molecule has 3 heteroatoms. The topological polar surface area (TPSA) is 12.0 Å². The molecule has 1 saturated heterocycles. The lowest BCUT2D eigenvalue weighted by molar-refractivity contribution is 0.421. The number of thioether (sulfide) groups is 1. The average Bonchev–Trinajstić information content (AvgIpc) is 2.79. The van der Waals surface area contributed by atoms with Gasteiger partial charge in [0.1, 0.15) is 0 Å². The van der Waals surface area contributed by atoms with Crippen LogP contribution in [0.5, 0.6) is 0 Å². The number of nitrogens with one attached hydrogen (secondary N) is 1. The Morgan fingerprint density at radius 1 is 1.57 bits per heavy atom. The van der Waals surface area contributed by atoms with Crippen molar-refractivity contribution in [2.75, 3.05) is 18.6 Å². The molecule has 0 bridgehead atoms. The molecular formula is C11H17NS2. The molecule has 1 nitrogen and oxygen atoms in total. The van der Waals surface area contributed by atoms with Crippen molar-refractivity contribution in [3.05, 3.63) is 21.9 Å². The number of hydrogen-bond acceptors (Lipinski definition) is 3. The van der Waals surface area contributed by atoms with E-state index in [0.717, 1.165) is 5.92 Å². The summed E-state index contributed by atoms with van der Waals surface area (Å²) in [6.45, 7) is 2.18. The van der Waals surface area contributed by atoms with Crippen LogP contribution in [-0.4, -0.2) is 18.6 Å². The van der Waals surface area contributed by atoms with Gasteiger partial charge in [0.05, 0.1) is 0 Å². The van der Waals surface area contributed by atoms with Gasteiger partial charge in [-0.3, -0.25) is 0 Å². The summed E-state index contributed by atoms with van der Waals surface area (Å²) < 4.78 is 0. The normalized spacial score (nSPS) is 24.0. The Hall–Kier alpha value is 0.01000. The van der Waals surface area contributed by atoms with E-state index in [-0.39, 0.29) is 0 Å². The third kappa shape index (κ3) is 2.15. The van der Waals surface area contributed by atoms with Crippen molar-refractivity contribution in [2.45, 2.75) is 19.4 Å². The van der Waals surface area contributed by atoms with Gasteiger partial charge in [-0.2, -0.15) is 11.8 Å². The second kappa shape index (κ2) is 4.69. The fourth-order valence-corrected chi connectivity index (χ4v) is 4.16. The van der Waals surface area contributed by atoms with Crippen molar-refractivity contribution in [3.63, 3.8) is 0 Å². The zero-order chi connectivity index (χ0) is 9.97. The molecule has 0 amide bonds. The quantitative estimate of drug-likeness (QED) is 0.851. The number of aryl methyl sites for hydroxylation is 1. The van der Waals surface area contributed by atoms with E-state index in [1.165, 1.54) is 28.4 Å². The molecule has 2 atom stereocenters. The van der Waals surface area contributed by atoms with Gasteiger partial charge in [0.2, 0.25) is 0 Å². The maximum absolute atomic E-state index is 3.47. The highest BCUT2D eigenvalue weighted by molar-refractivity contribution is 7.99. The molecule has 2 unspecified atom stereocenters. The summed E-state index contributed by atoms with van der Waals surface area (Å²) in [5.74, 6) is 3.49. The Kier molecular flexibility index (Phi) is 3.52. The van der Waals surface area contributed by atoms with Crippen LogP contribution in [0.4, 0.5) is 0 Å². The van der Waals surface area contributed by atoms with Crippen molar-refractivity contribution in [1.29, 1.82) is 0 Å². The minimum atomic E-state index is 0.579. The molecule has 2 heterocycles. The highest BCUT2D eigenvalue weighted by atomic mass is 32.2. The highest BCUT2D eigenvalue weighted by Gasteiger charge is 2.25. The van der Waals surface area contributed by atoms with Crippen LogP contribution in [0.1, 0.15) is 22.9 Å². The van der Waals surface area contributed by atoms with Crippen LogP contribution in [-0.2, 0) is 0 Å².